The zero-order valence-corrected chi connectivity index (χ0v) is 25.4. The number of pyridine rings is 1. The maximum absolute atomic E-state index is 14.2. The molecule has 0 unspecified atom stereocenters. The van der Waals surface area contributed by atoms with Crippen molar-refractivity contribution in [2.45, 2.75) is 46.2 Å². The second-order valence-electron chi connectivity index (χ2n) is 11.6. The zero-order valence-electron chi connectivity index (χ0n) is 23.8. The maximum atomic E-state index is 14.2. The summed E-state index contributed by atoms with van der Waals surface area (Å²) in [4.78, 5) is 9.26. The fourth-order valence-corrected chi connectivity index (χ4v) is 7.45. The number of rotatable bonds is 5. The molecule has 0 bridgehead atoms. The van der Waals surface area contributed by atoms with E-state index in [-0.39, 0.29) is 17.9 Å². The molecule has 2 aromatic carbocycles. The van der Waals surface area contributed by atoms with E-state index in [9.17, 15) is 4.39 Å². The van der Waals surface area contributed by atoms with Crippen molar-refractivity contribution in [2.24, 2.45) is 11.8 Å². The molecule has 4 heterocycles. The third-order valence-electron chi connectivity index (χ3n) is 8.37. The van der Waals surface area contributed by atoms with Gasteiger partial charge in [0.15, 0.2) is 5.11 Å². The molecule has 4 atom stereocenters. The Morgan fingerprint density at radius 3 is 2.41 bits per heavy atom. The first-order chi connectivity index (χ1) is 19.7. The van der Waals surface area contributed by atoms with E-state index in [1.54, 1.807) is 12.1 Å². The number of nitrogens with zero attached hydrogens (tertiary/aromatic N) is 4. The predicted molar refractivity (Wildman–Crippen MR) is 170 cm³/mol. The van der Waals surface area contributed by atoms with Crippen LogP contribution in [0.4, 0.5) is 15.8 Å². The summed E-state index contributed by atoms with van der Waals surface area (Å²) in [5, 5.41) is 4.89. The molecule has 0 saturated carbocycles. The van der Waals surface area contributed by atoms with Gasteiger partial charge < -0.3 is 19.7 Å². The fourth-order valence-electron chi connectivity index (χ4n) is 6.81. The minimum Gasteiger partial charge on any atom is -0.370 e. The van der Waals surface area contributed by atoms with Crippen LogP contribution in [0.3, 0.4) is 0 Å². The molecule has 212 valence electrons. The number of aromatic nitrogens is 2. The summed E-state index contributed by atoms with van der Waals surface area (Å²) in [5.41, 5.74) is 6.81. The molecule has 1 N–H and O–H groups in total. The van der Waals surface area contributed by atoms with Gasteiger partial charge in [0.2, 0.25) is 0 Å². The lowest BCUT2D eigenvalue weighted by molar-refractivity contribution is 0.357. The van der Waals surface area contributed by atoms with Crippen LogP contribution in [0.15, 0.2) is 72.9 Å². The number of hydrogen-bond donors (Lipinski definition) is 1. The van der Waals surface area contributed by atoms with E-state index < -0.39 is 0 Å². The van der Waals surface area contributed by atoms with E-state index in [4.69, 9.17) is 28.8 Å². The molecule has 6 rings (SSSR count). The van der Waals surface area contributed by atoms with Crippen LogP contribution in [-0.2, 0) is 0 Å². The topological polar surface area (TPSA) is 36.3 Å². The van der Waals surface area contributed by atoms with Crippen LogP contribution in [0.1, 0.15) is 55.0 Å². The number of piperidine rings is 1. The lowest BCUT2D eigenvalue weighted by Gasteiger charge is -2.37. The Bertz CT molecular complexity index is 1580. The standard InChI is InChI=1S/C33H35ClFN5S/c1-20-14-21(2)19-38(18-20)30-12-11-26(17-28(30)34)40-32(31(37-33(40)41)29-10-5-6-13-36-29)27-15-22(3)39(23(27)4)25-9-7-8-24(35)16-25/h5-13,15-17,20-21,31-32H,14,18-19H2,1-4H3,(H,37,41)/t20-,21-,31-,32+/m0/s1. The third kappa shape index (κ3) is 5.22. The Balaban J connectivity index is 1.44. The maximum Gasteiger partial charge on any atom is 0.174 e. The molecule has 2 saturated heterocycles. The minimum absolute atomic E-state index is 0.188. The molecule has 8 heteroatoms. The molecule has 0 spiro atoms. The van der Waals surface area contributed by atoms with Gasteiger partial charge in [-0.1, -0.05) is 37.6 Å². The van der Waals surface area contributed by atoms with E-state index in [2.05, 4.69) is 65.6 Å². The van der Waals surface area contributed by atoms with E-state index in [0.29, 0.717) is 16.9 Å². The molecule has 2 aromatic heterocycles. The first-order valence-corrected chi connectivity index (χ1v) is 15.0. The quantitative estimate of drug-likeness (QED) is 0.240. The van der Waals surface area contributed by atoms with Crippen LogP contribution in [0.2, 0.25) is 5.02 Å². The summed E-state index contributed by atoms with van der Waals surface area (Å²) in [6.07, 6.45) is 3.05. The molecule has 0 amide bonds. The molecule has 4 aromatic rings. The van der Waals surface area contributed by atoms with Gasteiger partial charge in [-0.3, -0.25) is 4.98 Å². The van der Waals surface area contributed by atoms with Gasteiger partial charge in [0.05, 0.1) is 28.5 Å². The Labute approximate surface area is 252 Å². The van der Waals surface area contributed by atoms with Gasteiger partial charge in [-0.2, -0.15) is 0 Å². The number of nitrogens with one attached hydrogen (secondary N) is 1. The number of aryl methyl sites for hydroxylation is 1. The number of anilines is 2. The molecule has 0 aliphatic carbocycles. The van der Waals surface area contributed by atoms with Crippen LogP contribution in [0.25, 0.3) is 5.69 Å². The summed E-state index contributed by atoms with van der Waals surface area (Å²) in [6, 6.07) is 20.7. The van der Waals surface area contributed by atoms with Crippen LogP contribution in [0.5, 0.6) is 0 Å². The van der Waals surface area contributed by atoms with Crippen molar-refractivity contribution in [3.63, 3.8) is 0 Å². The van der Waals surface area contributed by atoms with Crippen molar-refractivity contribution >= 4 is 40.3 Å². The highest BCUT2D eigenvalue weighted by atomic mass is 35.5. The normalized spacial score (nSPS) is 22.7. The largest absolute Gasteiger partial charge is 0.370 e. The molecule has 0 radical (unpaired) electrons. The highest BCUT2D eigenvalue weighted by Gasteiger charge is 2.42. The van der Waals surface area contributed by atoms with E-state index in [1.807, 2.05) is 36.5 Å². The Hall–Kier alpha value is -3.42. The lowest BCUT2D eigenvalue weighted by Crippen LogP contribution is -2.38. The van der Waals surface area contributed by atoms with Crippen molar-refractivity contribution < 1.29 is 4.39 Å². The summed E-state index contributed by atoms with van der Waals surface area (Å²) < 4.78 is 16.3. The van der Waals surface area contributed by atoms with E-state index in [1.165, 1.54) is 12.5 Å². The first-order valence-electron chi connectivity index (χ1n) is 14.2. The van der Waals surface area contributed by atoms with Crippen LogP contribution >= 0.6 is 23.8 Å². The average Bonchev–Trinajstić information content (AvgIpc) is 3.43. The first kappa shape index (κ1) is 27.7. The van der Waals surface area contributed by atoms with Crippen molar-refractivity contribution in [3.8, 4) is 5.69 Å². The highest BCUT2D eigenvalue weighted by molar-refractivity contribution is 7.80. The summed E-state index contributed by atoms with van der Waals surface area (Å²) in [6.45, 7) is 10.8. The molecular weight excluding hydrogens is 553 g/mol. The van der Waals surface area contributed by atoms with Crippen LogP contribution in [-0.4, -0.2) is 27.8 Å². The van der Waals surface area contributed by atoms with Gasteiger partial charge in [-0.25, -0.2) is 4.39 Å². The average molecular weight is 588 g/mol. The minimum atomic E-state index is -0.263. The number of halogens is 2. The van der Waals surface area contributed by atoms with Crippen LogP contribution in [0, 0.1) is 31.5 Å². The molecule has 2 aliphatic heterocycles. The summed E-state index contributed by atoms with van der Waals surface area (Å²) in [7, 11) is 0. The number of benzene rings is 2. The molecule has 2 aliphatic rings. The van der Waals surface area contributed by atoms with E-state index in [0.717, 1.165) is 57.8 Å². The van der Waals surface area contributed by atoms with Crippen molar-refractivity contribution in [1.29, 1.82) is 0 Å². The summed E-state index contributed by atoms with van der Waals surface area (Å²) >= 11 is 13.0. The number of thiocarbonyl (C=S) groups is 1. The molecular formula is C33H35ClFN5S. The Morgan fingerprint density at radius 1 is 0.951 bits per heavy atom. The lowest BCUT2D eigenvalue weighted by atomic mass is 9.91. The van der Waals surface area contributed by atoms with Gasteiger partial charge in [0.1, 0.15) is 5.82 Å². The fraction of sp³-hybridized carbons (Fsp3) is 0.333. The Morgan fingerprint density at radius 2 is 1.73 bits per heavy atom. The van der Waals surface area contributed by atoms with Crippen molar-refractivity contribution in [1.82, 2.24) is 14.9 Å². The molecule has 2 fully saturated rings. The summed E-state index contributed by atoms with van der Waals surface area (Å²) in [5.74, 6) is 0.990. The van der Waals surface area contributed by atoms with Gasteiger partial charge in [0, 0.05) is 42.0 Å². The van der Waals surface area contributed by atoms with Gasteiger partial charge in [-0.05, 0) is 104 Å². The monoisotopic (exact) mass is 587 g/mol. The van der Waals surface area contributed by atoms with Gasteiger partial charge in [-0.15, -0.1) is 0 Å². The zero-order chi connectivity index (χ0) is 28.8. The number of hydrogen-bond acceptors (Lipinski definition) is 3. The molecule has 5 nitrogen and oxygen atoms in total. The van der Waals surface area contributed by atoms with Gasteiger partial charge in [0.25, 0.3) is 0 Å². The molecule has 41 heavy (non-hydrogen) atoms. The Kier molecular flexibility index (Phi) is 7.51. The van der Waals surface area contributed by atoms with Crippen molar-refractivity contribution in [2.75, 3.05) is 22.9 Å². The predicted octanol–water partition coefficient (Wildman–Crippen LogP) is 7.94. The van der Waals surface area contributed by atoms with Crippen molar-refractivity contribution in [3.05, 3.63) is 106 Å². The van der Waals surface area contributed by atoms with Gasteiger partial charge >= 0.3 is 0 Å². The second kappa shape index (κ2) is 11.1. The van der Waals surface area contributed by atoms with E-state index >= 15 is 0 Å². The third-order valence-corrected chi connectivity index (χ3v) is 8.99. The smallest absolute Gasteiger partial charge is 0.174 e. The SMILES string of the molecule is Cc1cc([C@@H]2[C@H](c3ccccn3)NC(=S)N2c2ccc(N3C[C@@H](C)C[C@H](C)C3)c(Cl)c2)c(C)n1-c1cccc(F)c1. The highest BCUT2D eigenvalue weighted by Crippen LogP contribution is 2.45. The van der Waals surface area contributed by atoms with Crippen LogP contribution < -0.4 is 15.1 Å². The second-order valence-corrected chi connectivity index (χ2v) is 12.4.